The molecule has 0 radical (unpaired) electrons. The molecule has 0 nitrogen and oxygen atoms in total. The summed E-state index contributed by atoms with van der Waals surface area (Å²) in [4.78, 5) is 0. The highest BCUT2D eigenvalue weighted by Gasteiger charge is 2.42. The third-order valence-electron chi connectivity index (χ3n) is 5.19. The predicted octanol–water partition coefficient (Wildman–Crippen LogP) is 6.25. The zero-order chi connectivity index (χ0) is 14.6. The minimum atomic E-state index is 0.780. The topological polar surface area (TPSA) is 0 Å². The fourth-order valence-electron chi connectivity index (χ4n) is 3.68. The lowest BCUT2D eigenvalue weighted by Crippen LogP contribution is -2.25. The third kappa shape index (κ3) is 4.99. The van der Waals surface area contributed by atoms with E-state index in [-0.39, 0.29) is 0 Å². The molecular weight excluding hydrogens is 248 g/mol. The SMILES string of the molecule is CCC(C)CCC1C(C)CC(C(C)C)C1SC(C)C. The van der Waals surface area contributed by atoms with Crippen LogP contribution < -0.4 is 0 Å². The van der Waals surface area contributed by atoms with E-state index in [2.05, 4.69) is 60.2 Å². The van der Waals surface area contributed by atoms with Crippen molar-refractivity contribution in [3.63, 3.8) is 0 Å². The van der Waals surface area contributed by atoms with E-state index in [1.54, 1.807) is 0 Å². The van der Waals surface area contributed by atoms with E-state index in [4.69, 9.17) is 0 Å². The molecule has 0 amide bonds. The van der Waals surface area contributed by atoms with Crippen LogP contribution in [0.15, 0.2) is 0 Å². The molecule has 0 aromatic rings. The Bertz CT molecular complexity index is 246. The molecule has 0 heterocycles. The number of thioether (sulfide) groups is 1. The van der Waals surface area contributed by atoms with E-state index in [0.717, 1.165) is 40.1 Å². The van der Waals surface area contributed by atoms with Crippen molar-refractivity contribution < 1.29 is 0 Å². The number of rotatable bonds is 7. The maximum atomic E-state index is 2.51. The Kier molecular flexibility index (Phi) is 7.29. The summed E-state index contributed by atoms with van der Waals surface area (Å²) in [5, 5.41) is 1.70. The molecule has 0 N–H and O–H groups in total. The van der Waals surface area contributed by atoms with E-state index in [1.807, 2.05) is 0 Å². The number of hydrogen-bond donors (Lipinski definition) is 0. The molecule has 0 aromatic heterocycles. The Morgan fingerprint density at radius 3 is 2.21 bits per heavy atom. The third-order valence-corrected chi connectivity index (χ3v) is 6.75. The Hall–Kier alpha value is 0.350. The lowest BCUT2D eigenvalue weighted by Gasteiger charge is -2.30. The average Bonchev–Trinajstić information content (AvgIpc) is 2.62. The van der Waals surface area contributed by atoms with Crippen molar-refractivity contribution in [3.05, 3.63) is 0 Å². The molecule has 5 atom stereocenters. The van der Waals surface area contributed by atoms with Crippen LogP contribution in [0.5, 0.6) is 0 Å². The Labute approximate surface area is 126 Å². The normalized spacial score (nSPS) is 33.3. The van der Waals surface area contributed by atoms with Gasteiger partial charge in [0.15, 0.2) is 0 Å². The standard InChI is InChI=1S/C18H36S/c1-8-14(6)9-10-16-15(7)11-17(12(2)3)18(16)19-13(4)5/h12-18H,8-11H2,1-7H3. The minimum Gasteiger partial charge on any atom is -0.155 e. The van der Waals surface area contributed by atoms with Gasteiger partial charge in [0, 0.05) is 5.25 Å². The van der Waals surface area contributed by atoms with Crippen LogP contribution in [-0.4, -0.2) is 10.5 Å². The van der Waals surface area contributed by atoms with Gasteiger partial charge < -0.3 is 0 Å². The average molecular weight is 285 g/mol. The van der Waals surface area contributed by atoms with Crippen molar-refractivity contribution in [2.24, 2.45) is 29.6 Å². The van der Waals surface area contributed by atoms with Gasteiger partial charge in [-0.1, -0.05) is 61.3 Å². The molecule has 1 fully saturated rings. The van der Waals surface area contributed by atoms with Crippen molar-refractivity contribution in [3.8, 4) is 0 Å². The lowest BCUT2D eigenvalue weighted by molar-refractivity contribution is 0.347. The van der Waals surface area contributed by atoms with Crippen LogP contribution in [0.3, 0.4) is 0 Å². The Morgan fingerprint density at radius 2 is 1.74 bits per heavy atom. The number of hydrogen-bond acceptors (Lipinski definition) is 1. The lowest BCUT2D eigenvalue weighted by atomic mass is 9.88. The molecule has 1 heteroatoms. The van der Waals surface area contributed by atoms with Crippen LogP contribution in [0.1, 0.15) is 74.1 Å². The monoisotopic (exact) mass is 284 g/mol. The van der Waals surface area contributed by atoms with Gasteiger partial charge in [-0.15, -0.1) is 0 Å². The summed E-state index contributed by atoms with van der Waals surface area (Å²) < 4.78 is 0. The quantitative estimate of drug-likeness (QED) is 0.532. The predicted molar refractivity (Wildman–Crippen MR) is 90.8 cm³/mol. The van der Waals surface area contributed by atoms with Gasteiger partial charge in [0.05, 0.1) is 0 Å². The van der Waals surface area contributed by atoms with Crippen LogP contribution >= 0.6 is 11.8 Å². The fraction of sp³-hybridized carbons (Fsp3) is 1.00. The van der Waals surface area contributed by atoms with Gasteiger partial charge in [0.25, 0.3) is 0 Å². The van der Waals surface area contributed by atoms with Crippen molar-refractivity contribution >= 4 is 11.8 Å². The zero-order valence-corrected chi connectivity index (χ0v) is 15.1. The maximum absolute atomic E-state index is 2.51. The summed E-state index contributed by atoms with van der Waals surface area (Å²) >= 11 is 2.27. The van der Waals surface area contributed by atoms with Crippen LogP contribution in [-0.2, 0) is 0 Å². The molecule has 1 saturated carbocycles. The second-order valence-electron chi connectivity index (χ2n) is 7.52. The summed E-state index contributed by atoms with van der Waals surface area (Å²) in [5.74, 6) is 4.62. The first-order valence-corrected chi connectivity index (χ1v) is 9.46. The first kappa shape index (κ1) is 17.4. The molecule has 0 aromatic carbocycles. The van der Waals surface area contributed by atoms with Crippen LogP contribution in [0.2, 0.25) is 0 Å². The molecular formula is C18H36S. The summed E-state index contributed by atoms with van der Waals surface area (Å²) in [7, 11) is 0. The molecule has 1 rings (SSSR count). The van der Waals surface area contributed by atoms with E-state index in [9.17, 15) is 0 Å². The van der Waals surface area contributed by atoms with Gasteiger partial charge in [-0.2, -0.15) is 11.8 Å². The molecule has 1 aliphatic carbocycles. The second kappa shape index (κ2) is 7.96. The van der Waals surface area contributed by atoms with Gasteiger partial charge in [-0.05, 0) is 47.7 Å². The largest absolute Gasteiger partial charge is 0.155 e. The van der Waals surface area contributed by atoms with E-state index >= 15 is 0 Å². The molecule has 0 bridgehead atoms. The maximum Gasteiger partial charge on any atom is 0.0111 e. The highest BCUT2D eigenvalue weighted by molar-refractivity contribution is 8.00. The van der Waals surface area contributed by atoms with E-state index in [0.29, 0.717) is 0 Å². The highest BCUT2D eigenvalue weighted by atomic mass is 32.2. The molecule has 114 valence electrons. The molecule has 0 saturated heterocycles. The van der Waals surface area contributed by atoms with Crippen molar-refractivity contribution in [2.75, 3.05) is 0 Å². The van der Waals surface area contributed by atoms with Gasteiger partial charge >= 0.3 is 0 Å². The van der Waals surface area contributed by atoms with Crippen molar-refractivity contribution in [1.82, 2.24) is 0 Å². The highest BCUT2D eigenvalue weighted by Crippen LogP contribution is 2.49. The smallest absolute Gasteiger partial charge is 0.0111 e. The van der Waals surface area contributed by atoms with Crippen LogP contribution in [0.4, 0.5) is 0 Å². The van der Waals surface area contributed by atoms with Gasteiger partial charge in [0.2, 0.25) is 0 Å². The summed E-state index contributed by atoms with van der Waals surface area (Å²) in [6, 6.07) is 0. The minimum absolute atomic E-state index is 0.780. The molecule has 1 aliphatic rings. The summed E-state index contributed by atoms with van der Waals surface area (Å²) in [5.41, 5.74) is 0. The van der Waals surface area contributed by atoms with Crippen molar-refractivity contribution in [1.29, 1.82) is 0 Å². The van der Waals surface area contributed by atoms with E-state index in [1.165, 1.54) is 25.7 Å². The van der Waals surface area contributed by atoms with Gasteiger partial charge in [-0.25, -0.2) is 0 Å². The Balaban J connectivity index is 2.68. The van der Waals surface area contributed by atoms with Gasteiger partial charge in [-0.3, -0.25) is 0 Å². The van der Waals surface area contributed by atoms with E-state index < -0.39 is 0 Å². The molecule has 19 heavy (non-hydrogen) atoms. The van der Waals surface area contributed by atoms with Crippen LogP contribution in [0, 0.1) is 29.6 Å². The second-order valence-corrected chi connectivity index (χ2v) is 9.28. The molecule has 5 unspecified atom stereocenters. The van der Waals surface area contributed by atoms with Gasteiger partial charge in [0.1, 0.15) is 0 Å². The van der Waals surface area contributed by atoms with Crippen molar-refractivity contribution in [2.45, 2.75) is 84.6 Å². The summed E-state index contributed by atoms with van der Waals surface area (Å²) in [6.45, 7) is 16.9. The zero-order valence-electron chi connectivity index (χ0n) is 14.3. The molecule has 0 aliphatic heterocycles. The summed E-state index contributed by atoms with van der Waals surface area (Å²) in [6.07, 6.45) is 5.71. The first-order valence-electron chi connectivity index (χ1n) is 8.52. The first-order chi connectivity index (χ1) is 8.86. The Morgan fingerprint density at radius 1 is 1.11 bits per heavy atom. The molecule has 0 spiro atoms. The van der Waals surface area contributed by atoms with Crippen LogP contribution in [0.25, 0.3) is 0 Å². The fourth-order valence-corrected chi connectivity index (χ4v) is 5.54.